The van der Waals surface area contributed by atoms with E-state index in [1.165, 1.54) is 12.0 Å². The van der Waals surface area contributed by atoms with Gasteiger partial charge in [0.05, 0.1) is 0 Å². The first-order chi connectivity index (χ1) is 6.75. The van der Waals surface area contributed by atoms with Crippen LogP contribution in [0.2, 0.25) is 0 Å². The number of hydrogen-bond acceptors (Lipinski definition) is 4. The van der Waals surface area contributed by atoms with Crippen molar-refractivity contribution in [2.75, 3.05) is 19.3 Å². The van der Waals surface area contributed by atoms with Crippen LogP contribution >= 0.6 is 12.0 Å². The second-order valence-electron chi connectivity index (χ2n) is 3.06. The summed E-state index contributed by atoms with van der Waals surface area (Å²) < 4.78 is 5.19. The van der Waals surface area contributed by atoms with E-state index < -0.39 is 0 Å². The third-order valence-electron chi connectivity index (χ3n) is 2.02. The number of nitrogens with zero attached hydrogens (tertiary/aromatic N) is 1. The maximum Gasteiger partial charge on any atom is 0.240 e. The molecule has 1 fully saturated rings. The summed E-state index contributed by atoms with van der Waals surface area (Å²) in [5.41, 5.74) is 0. The number of likely N-dealkylation sites (N-methyl/N-ethyl adjacent to an activating group) is 1. The molecule has 80 valence electrons. The van der Waals surface area contributed by atoms with E-state index in [1.54, 1.807) is 12.1 Å². The normalized spacial score (nSPS) is 24.0. The Kier molecular flexibility index (Phi) is 5.00. The summed E-state index contributed by atoms with van der Waals surface area (Å²) >= 11 is 1.38. The van der Waals surface area contributed by atoms with Crippen molar-refractivity contribution in [1.82, 2.24) is 10.4 Å². The van der Waals surface area contributed by atoms with Gasteiger partial charge in [0.1, 0.15) is 6.04 Å². The molecule has 1 saturated heterocycles. The summed E-state index contributed by atoms with van der Waals surface area (Å²) in [5, 5.41) is 4.44. The Morgan fingerprint density at radius 3 is 3.21 bits per heavy atom. The maximum absolute atomic E-state index is 11.6. The lowest BCUT2D eigenvalue weighted by Crippen LogP contribution is -2.46. The van der Waals surface area contributed by atoms with Crippen LogP contribution in [0.4, 0.5) is 0 Å². The number of amides is 1. The Labute approximate surface area is 88.8 Å². The summed E-state index contributed by atoms with van der Waals surface area (Å²) in [6.45, 7) is 2.52. The van der Waals surface area contributed by atoms with E-state index in [2.05, 4.69) is 5.32 Å². The molecule has 1 N–H and O–H groups in total. The summed E-state index contributed by atoms with van der Waals surface area (Å²) in [7, 11) is 1.78. The highest BCUT2D eigenvalue weighted by atomic mass is 32.2. The van der Waals surface area contributed by atoms with Crippen LogP contribution in [0.1, 0.15) is 13.3 Å². The molecule has 4 nitrogen and oxygen atoms in total. The molecule has 14 heavy (non-hydrogen) atoms. The van der Waals surface area contributed by atoms with Crippen molar-refractivity contribution in [3.05, 3.63) is 12.2 Å². The van der Waals surface area contributed by atoms with Crippen molar-refractivity contribution >= 4 is 17.9 Å². The van der Waals surface area contributed by atoms with Gasteiger partial charge in [-0.05, 0) is 13.3 Å². The molecule has 0 aromatic rings. The molecule has 1 aliphatic rings. The summed E-state index contributed by atoms with van der Waals surface area (Å²) in [4.78, 5) is 11.6. The van der Waals surface area contributed by atoms with Crippen LogP contribution in [0, 0.1) is 0 Å². The topological polar surface area (TPSA) is 41.6 Å². The fraction of sp³-hybridized carbons (Fsp3) is 0.667. The van der Waals surface area contributed by atoms with Crippen LogP contribution in [0.3, 0.4) is 0 Å². The van der Waals surface area contributed by atoms with Gasteiger partial charge in [-0.1, -0.05) is 12.2 Å². The Morgan fingerprint density at radius 2 is 2.57 bits per heavy atom. The van der Waals surface area contributed by atoms with Crippen molar-refractivity contribution in [2.45, 2.75) is 19.4 Å². The van der Waals surface area contributed by atoms with E-state index in [0.717, 1.165) is 12.2 Å². The van der Waals surface area contributed by atoms with Gasteiger partial charge in [-0.15, -0.1) is 0 Å². The number of allylic oxidation sites excluding steroid dienone is 1. The molecular weight excluding hydrogens is 200 g/mol. The first-order valence-corrected chi connectivity index (χ1v) is 5.58. The van der Waals surface area contributed by atoms with Gasteiger partial charge in [0.25, 0.3) is 0 Å². The fourth-order valence-electron chi connectivity index (χ4n) is 1.21. The minimum absolute atomic E-state index is 0.0332. The third kappa shape index (κ3) is 3.32. The SMILES string of the molecule is C/C=C/CNC(=O)C1CCSON1C. The third-order valence-corrected chi connectivity index (χ3v) is 2.76. The van der Waals surface area contributed by atoms with E-state index in [1.807, 2.05) is 19.1 Å². The Hall–Kier alpha value is -0.520. The summed E-state index contributed by atoms with van der Waals surface area (Å²) in [6, 6.07) is -0.151. The zero-order valence-corrected chi connectivity index (χ0v) is 9.34. The van der Waals surface area contributed by atoms with Crippen LogP contribution in [0.5, 0.6) is 0 Å². The van der Waals surface area contributed by atoms with Gasteiger partial charge in [-0.3, -0.25) is 4.79 Å². The van der Waals surface area contributed by atoms with Gasteiger partial charge in [-0.25, -0.2) is 4.28 Å². The van der Waals surface area contributed by atoms with E-state index in [4.69, 9.17) is 4.28 Å². The maximum atomic E-state index is 11.6. The van der Waals surface area contributed by atoms with Gasteiger partial charge in [-0.2, -0.15) is 5.06 Å². The minimum Gasteiger partial charge on any atom is -0.351 e. The lowest BCUT2D eigenvalue weighted by molar-refractivity contribution is -0.138. The average Bonchev–Trinajstić information content (AvgIpc) is 2.18. The van der Waals surface area contributed by atoms with Gasteiger partial charge >= 0.3 is 0 Å². The molecule has 0 saturated carbocycles. The zero-order valence-electron chi connectivity index (χ0n) is 8.53. The number of hydrogen-bond donors (Lipinski definition) is 1. The molecule has 0 radical (unpaired) electrons. The molecule has 1 unspecified atom stereocenters. The van der Waals surface area contributed by atoms with Gasteiger partial charge < -0.3 is 5.32 Å². The quantitative estimate of drug-likeness (QED) is 0.563. The van der Waals surface area contributed by atoms with Crippen molar-refractivity contribution in [2.24, 2.45) is 0 Å². The fourth-order valence-corrected chi connectivity index (χ4v) is 1.87. The number of nitrogens with one attached hydrogen (secondary N) is 1. The van der Waals surface area contributed by atoms with Crippen LogP contribution in [-0.2, 0) is 9.08 Å². The molecule has 0 aromatic heterocycles. The molecule has 1 atom stereocenters. The molecule has 1 amide bonds. The second kappa shape index (κ2) is 6.06. The van der Waals surface area contributed by atoms with Crippen molar-refractivity contribution in [3.63, 3.8) is 0 Å². The molecular formula is C9H16N2O2S. The van der Waals surface area contributed by atoms with Gasteiger partial charge in [0.15, 0.2) is 0 Å². The minimum atomic E-state index is -0.151. The monoisotopic (exact) mass is 216 g/mol. The standard InChI is InChI=1S/C9H16N2O2S/c1-3-4-6-10-9(12)8-5-7-14-13-11(8)2/h3-4,8H,5-7H2,1-2H3,(H,10,12)/b4-3+. The molecule has 0 spiro atoms. The summed E-state index contributed by atoms with van der Waals surface area (Å²) in [6.07, 6.45) is 4.66. The summed E-state index contributed by atoms with van der Waals surface area (Å²) in [5.74, 6) is 0.900. The second-order valence-corrected chi connectivity index (χ2v) is 3.85. The first-order valence-electron chi connectivity index (χ1n) is 4.67. The van der Waals surface area contributed by atoms with E-state index in [-0.39, 0.29) is 11.9 Å². The highest BCUT2D eigenvalue weighted by molar-refractivity contribution is 7.94. The van der Waals surface area contributed by atoms with E-state index >= 15 is 0 Å². The number of rotatable bonds is 3. The van der Waals surface area contributed by atoms with Gasteiger partial charge in [0, 0.05) is 31.4 Å². The molecule has 5 heteroatoms. The highest BCUT2D eigenvalue weighted by Gasteiger charge is 2.27. The molecule has 0 aromatic carbocycles. The molecule has 0 bridgehead atoms. The molecule has 1 rings (SSSR count). The lowest BCUT2D eigenvalue weighted by Gasteiger charge is -2.28. The Morgan fingerprint density at radius 1 is 1.79 bits per heavy atom. The zero-order chi connectivity index (χ0) is 10.4. The van der Waals surface area contributed by atoms with Crippen LogP contribution in [0.25, 0.3) is 0 Å². The number of hydroxylamine groups is 2. The van der Waals surface area contributed by atoms with E-state index in [9.17, 15) is 4.79 Å². The highest BCUT2D eigenvalue weighted by Crippen LogP contribution is 2.19. The first kappa shape index (κ1) is 11.6. The number of carbonyl (C=O) groups is 1. The Balaban J connectivity index is 2.34. The van der Waals surface area contributed by atoms with Crippen molar-refractivity contribution in [3.8, 4) is 0 Å². The predicted molar refractivity (Wildman–Crippen MR) is 57.5 cm³/mol. The smallest absolute Gasteiger partial charge is 0.240 e. The largest absolute Gasteiger partial charge is 0.351 e. The van der Waals surface area contributed by atoms with Gasteiger partial charge in [0.2, 0.25) is 5.91 Å². The van der Waals surface area contributed by atoms with Crippen LogP contribution < -0.4 is 5.32 Å². The van der Waals surface area contributed by atoms with E-state index in [0.29, 0.717) is 6.54 Å². The molecule has 1 aliphatic heterocycles. The van der Waals surface area contributed by atoms with Crippen molar-refractivity contribution in [1.29, 1.82) is 0 Å². The van der Waals surface area contributed by atoms with Crippen molar-refractivity contribution < 1.29 is 9.08 Å². The lowest BCUT2D eigenvalue weighted by atomic mass is 10.2. The van der Waals surface area contributed by atoms with Crippen LogP contribution in [-0.4, -0.2) is 36.4 Å². The Bertz CT molecular complexity index is 221. The molecule has 1 heterocycles. The number of carbonyl (C=O) groups excluding carboxylic acids is 1. The average molecular weight is 216 g/mol. The van der Waals surface area contributed by atoms with Crippen LogP contribution in [0.15, 0.2) is 12.2 Å². The molecule has 0 aliphatic carbocycles. The predicted octanol–water partition coefficient (Wildman–Crippen LogP) is 0.963.